The van der Waals surface area contributed by atoms with Crippen LogP contribution >= 0.6 is 36.2 Å². The Balaban J connectivity index is 0.000000871. The second-order valence-corrected chi connectivity index (χ2v) is 10.8. The van der Waals surface area contributed by atoms with Crippen LogP contribution in [0.15, 0.2) is 28.8 Å². The predicted octanol–water partition coefficient (Wildman–Crippen LogP) is 6.38. The average Bonchev–Trinajstić information content (AvgIpc) is 3.41. The number of hydrogen-bond donors (Lipinski definition) is 1. The van der Waals surface area contributed by atoms with Crippen LogP contribution in [0.4, 0.5) is 0 Å². The molecular weight excluding hydrogens is 515 g/mol. The van der Waals surface area contributed by atoms with Gasteiger partial charge >= 0.3 is 0 Å². The Bertz CT molecular complexity index is 1110. The molecule has 9 heteroatoms. The van der Waals surface area contributed by atoms with E-state index in [-0.39, 0.29) is 24.8 Å². The minimum absolute atomic E-state index is 0. The molecule has 0 radical (unpaired) electrons. The van der Waals surface area contributed by atoms with Crippen molar-refractivity contribution in [1.29, 1.82) is 5.26 Å². The Morgan fingerprint density at radius 3 is 2.47 bits per heavy atom. The highest BCUT2D eigenvalue weighted by Crippen LogP contribution is 2.34. The second kappa shape index (κ2) is 14.8. The molecule has 1 saturated heterocycles. The van der Waals surface area contributed by atoms with E-state index in [1.54, 1.807) is 11.3 Å². The average molecular weight is 554 g/mol. The SMILES string of the molecule is CNC.Cc1c(OCC2CC2)ccc2c(CCC3CCN(Cc4ccc(C#N)s4)CC3)noc12.Cl.Cl. The van der Waals surface area contributed by atoms with Crippen molar-refractivity contribution in [3.63, 3.8) is 0 Å². The van der Waals surface area contributed by atoms with Crippen molar-refractivity contribution >= 4 is 47.1 Å². The number of nitriles is 1. The molecule has 198 valence electrons. The molecule has 3 heterocycles. The molecule has 0 atom stereocenters. The van der Waals surface area contributed by atoms with Gasteiger partial charge in [0.1, 0.15) is 16.7 Å². The van der Waals surface area contributed by atoms with Crippen molar-refractivity contribution in [2.45, 2.75) is 52.0 Å². The summed E-state index contributed by atoms with van der Waals surface area (Å²) in [6, 6.07) is 10.5. The first-order valence-corrected chi connectivity index (χ1v) is 13.2. The maximum atomic E-state index is 9.00. The number of fused-ring (bicyclic) bond motifs is 1. The van der Waals surface area contributed by atoms with E-state index in [2.05, 4.69) is 46.6 Å². The van der Waals surface area contributed by atoms with E-state index in [9.17, 15) is 0 Å². The van der Waals surface area contributed by atoms with Gasteiger partial charge in [0.15, 0.2) is 5.58 Å². The van der Waals surface area contributed by atoms with Crippen molar-refractivity contribution in [3.05, 3.63) is 45.3 Å². The Morgan fingerprint density at radius 1 is 1.11 bits per heavy atom. The second-order valence-electron chi connectivity index (χ2n) is 9.58. The highest BCUT2D eigenvalue weighted by molar-refractivity contribution is 7.12. The molecule has 2 aliphatic rings. The summed E-state index contributed by atoms with van der Waals surface area (Å²) in [4.78, 5) is 4.61. The minimum Gasteiger partial charge on any atom is -0.493 e. The Hall–Kier alpha value is -1.82. The zero-order chi connectivity index (χ0) is 23.9. The van der Waals surface area contributed by atoms with Crippen molar-refractivity contribution in [2.24, 2.45) is 11.8 Å². The summed E-state index contributed by atoms with van der Waals surface area (Å²) < 4.78 is 11.7. The normalized spacial score (nSPS) is 15.8. The van der Waals surface area contributed by atoms with Gasteiger partial charge < -0.3 is 14.6 Å². The van der Waals surface area contributed by atoms with Gasteiger partial charge in [-0.3, -0.25) is 4.90 Å². The Labute approximate surface area is 231 Å². The molecule has 3 aromatic rings. The summed E-state index contributed by atoms with van der Waals surface area (Å²) in [6.45, 7) is 6.12. The summed E-state index contributed by atoms with van der Waals surface area (Å²) in [5.41, 5.74) is 3.03. The van der Waals surface area contributed by atoms with Gasteiger partial charge in [-0.25, -0.2) is 0 Å². The van der Waals surface area contributed by atoms with Crippen LogP contribution in [-0.4, -0.2) is 43.8 Å². The van der Waals surface area contributed by atoms with Crippen molar-refractivity contribution in [3.8, 4) is 11.8 Å². The van der Waals surface area contributed by atoms with Gasteiger partial charge in [0.2, 0.25) is 0 Å². The van der Waals surface area contributed by atoms with Crippen molar-refractivity contribution in [1.82, 2.24) is 15.4 Å². The first-order chi connectivity index (χ1) is 16.6. The molecule has 1 aliphatic carbocycles. The number of piperidine rings is 1. The van der Waals surface area contributed by atoms with Gasteiger partial charge in [0.25, 0.3) is 0 Å². The number of hydrogen-bond acceptors (Lipinski definition) is 7. The van der Waals surface area contributed by atoms with Crippen LogP contribution in [0.5, 0.6) is 5.75 Å². The molecule has 1 N–H and O–H groups in total. The lowest BCUT2D eigenvalue weighted by Gasteiger charge is -2.31. The summed E-state index contributed by atoms with van der Waals surface area (Å²) in [7, 11) is 3.75. The number of likely N-dealkylation sites (tertiary alicyclic amines) is 1. The van der Waals surface area contributed by atoms with E-state index in [0.717, 1.165) is 83.8 Å². The molecule has 6 nitrogen and oxygen atoms in total. The van der Waals surface area contributed by atoms with E-state index in [1.807, 2.05) is 20.2 Å². The van der Waals surface area contributed by atoms with Gasteiger partial charge in [-0.2, -0.15) is 5.26 Å². The number of nitrogens with zero attached hydrogens (tertiary/aromatic N) is 3. The first kappa shape index (κ1) is 30.4. The summed E-state index contributed by atoms with van der Waals surface area (Å²) in [5.74, 6) is 2.41. The molecule has 36 heavy (non-hydrogen) atoms. The molecule has 5 rings (SSSR count). The van der Waals surface area contributed by atoms with E-state index >= 15 is 0 Å². The molecule has 1 saturated carbocycles. The standard InChI is InChI=1S/C25H29N3O2S.C2H7N.2ClH/c1-17-24(29-16-19-2-3-19)9-7-22-23(27-30-25(17)22)8-4-18-10-12-28(13-11-18)15-21-6-5-20(14-26)31-21;1-3-2;;/h5-7,9,18-19H,2-4,8,10-13,15-16H2,1H3;3H,1-2H3;2*1H. The number of nitrogens with one attached hydrogen (secondary N) is 1. The van der Waals surface area contributed by atoms with Crippen molar-refractivity contribution in [2.75, 3.05) is 33.8 Å². The van der Waals surface area contributed by atoms with Gasteiger partial charge in [-0.05, 0) is 109 Å². The highest BCUT2D eigenvalue weighted by atomic mass is 35.5. The molecule has 0 bridgehead atoms. The van der Waals surface area contributed by atoms with Crippen LogP contribution in [0, 0.1) is 30.1 Å². The van der Waals surface area contributed by atoms with Crippen LogP contribution in [-0.2, 0) is 13.0 Å². The number of halogens is 2. The Kier molecular flexibility index (Phi) is 12.5. The number of aromatic nitrogens is 1. The predicted molar refractivity (Wildman–Crippen MR) is 152 cm³/mol. The molecule has 2 aromatic heterocycles. The fourth-order valence-corrected chi connectivity index (χ4v) is 5.36. The monoisotopic (exact) mass is 552 g/mol. The highest BCUT2D eigenvalue weighted by Gasteiger charge is 2.24. The van der Waals surface area contributed by atoms with Gasteiger partial charge in [-0.15, -0.1) is 36.2 Å². The van der Waals surface area contributed by atoms with E-state index in [0.29, 0.717) is 0 Å². The molecule has 1 aliphatic heterocycles. The summed E-state index contributed by atoms with van der Waals surface area (Å²) >= 11 is 1.62. The number of thiophene rings is 1. The van der Waals surface area contributed by atoms with Crippen LogP contribution in [0.3, 0.4) is 0 Å². The third-order valence-electron chi connectivity index (χ3n) is 6.73. The third-order valence-corrected chi connectivity index (χ3v) is 7.71. The Morgan fingerprint density at radius 2 is 1.83 bits per heavy atom. The molecule has 1 aromatic carbocycles. The third kappa shape index (κ3) is 8.09. The number of rotatable bonds is 8. The molecule has 0 amide bonds. The van der Waals surface area contributed by atoms with E-state index in [1.165, 1.54) is 30.6 Å². The maximum Gasteiger partial charge on any atom is 0.173 e. The van der Waals surface area contributed by atoms with Crippen LogP contribution < -0.4 is 10.1 Å². The zero-order valence-electron chi connectivity index (χ0n) is 21.4. The quantitative estimate of drug-likeness (QED) is 0.349. The van der Waals surface area contributed by atoms with Gasteiger partial charge in [-0.1, -0.05) is 5.16 Å². The topological polar surface area (TPSA) is 74.3 Å². The smallest absolute Gasteiger partial charge is 0.173 e. The summed E-state index contributed by atoms with van der Waals surface area (Å²) in [5, 5.41) is 17.3. The van der Waals surface area contributed by atoms with E-state index in [4.69, 9.17) is 14.5 Å². The van der Waals surface area contributed by atoms with Crippen molar-refractivity contribution < 1.29 is 9.26 Å². The number of aryl methyl sites for hydroxylation is 2. The number of benzene rings is 1. The summed E-state index contributed by atoms with van der Waals surface area (Å²) in [6.07, 6.45) is 7.17. The number of ether oxygens (including phenoxy) is 1. The van der Waals surface area contributed by atoms with Gasteiger partial charge in [0.05, 0.1) is 12.3 Å². The van der Waals surface area contributed by atoms with E-state index < -0.39 is 0 Å². The lowest BCUT2D eigenvalue weighted by atomic mass is 9.91. The molecular formula is C27H38Cl2N4O2S. The largest absolute Gasteiger partial charge is 0.493 e. The van der Waals surface area contributed by atoms with Crippen LogP contribution in [0.25, 0.3) is 11.0 Å². The van der Waals surface area contributed by atoms with Crippen LogP contribution in [0.2, 0.25) is 0 Å². The molecule has 2 fully saturated rings. The lowest BCUT2D eigenvalue weighted by molar-refractivity contribution is 0.173. The molecule has 0 unspecified atom stereocenters. The first-order valence-electron chi connectivity index (χ1n) is 12.4. The van der Waals surface area contributed by atoms with Crippen LogP contribution in [0.1, 0.15) is 53.1 Å². The van der Waals surface area contributed by atoms with Gasteiger partial charge in [0, 0.05) is 22.4 Å². The fraction of sp³-hybridized carbons (Fsp3) is 0.556. The lowest BCUT2D eigenvalue weighted by Crippen LogP contribution is -2.33. The zero-order valence-corrected chi connectivity index (χ0v) is 23.9. The fourth-order valence-electron chi connectivity index (χ4n) is 4.51. The molecule has 0 spiro atoms. The minimum atomic E-state index is 0. The maximum absolute atomic E-state index is 9.00.